The third-order valence-corrected chi connectivity index (χ3v) is 4.00. The van der Waals surface area contributed by atoms with Gasteiger partial charge in [-0.1, -0.05) is 11.6 Å². The van der Waals surface area contributed by atoms with E-state index in [1.807, 2.05) is 0 Å². The summed E-state index contributed by atoms with van der Waals surface area (Å²) in [6.07, 6.45) is 0. The molecule has 0 bridgehead atoms. The number of halogens is 1. The van der Waals surface area contributed by atoms with Gasteiger partial charge in [-0.3, -0.25) is 9.59 Å². The number of aromatic amines is 1. The molecule has 0 fully saturated rings. The van der Waals surface area contributed by atoms with Gasteiger partial charge in [0.25, 0.3) is 5.91 Å². The molecule has 0 radical (unpaired) electrons. The topological polar surface area (TPSA) is 111 Å². The van der Waals surface area contributed by atoms with E-state index in [9.17, 15) is 14.4 Å². The first-order chi connectivity index (χ1) is 12.3. The van der Waals surface area contributed by atoms with E-state index in [1.54, 1.807) is 20.8 Å². The van der Waals surface area contributed by atoms with Crippen LogP contribution in [-0.4, -0.2) is 35.9 Å². The fourth-order valence-electron chi connectivity index (χ4n) is 2.57. The summed E-state index contributed by atoms with van der Waals surface area (Å²) in [5.74, 6) is -1.44. The first kappa shape index (κ1) is 19.5. The number of Topliss-reactive ketones (excluding diaryl/α,β-unsaturated/α-hetero) is 1. The number of esters is 1. The van der Waals surface area contributed by atoms with Crippen LogP contribution in [0.2, 0.25) is 5.02 Å². The highest BCUT2D eigenvalue weighted by Gasteiger charge is 2.23. The molecule has 0 atom stereocenters. The van der Waals surface area contributed by atoms with E-state index in [2.05, 4.69) is 4.98 Å². The Morgan fingerprint density at radius 1 is 1.23 bits per heavy atom. The monoisotopic (exact) mass is 378 g/mol. The minimum atomic E-state index is -0.716. The first-order valence-corrected chi connectivity index (χ1v) is 8.25. The van der Waals surface area contributed by atoms with Gasteiger partial charge in [0, 0.05) is 10.7 Å². The second kappa shape index (κ2) is 8.05. The highest BCUT2D eigenvalue weighted by atomic mass is 35.5. The molecule has 0 aliphatic carbocycles. The quantitative estimate of drug-likeness (QED) is 0.568. The molecule has 0 saturated carbocycles. The van der Waals surface area contributed by atoms with E-state index in [0.29, 0.717) is 21.8 Å². The number of nitrogens with two attached hydrogens (primary N) is 1. The highest BCUT2D eigenvalue weighted by Crippen LogP contribution is 2.24. The number of benzene rings is 1. The Kier molecular flexibility index (Phi) is 6.05. The Morgan fingerprint density at radius 2 is 1.92 bits per heavy atom. The molecule has 1 amide bonds. The Hall–Kier alpha value is -2.80. The van der Waals surface area contributed by atoms with Crippen molar-refractivity contribution >= 4 is 29.3 Å². The number of carbonyl (C=O) groups is 3. The Bertz CT molecular complexity index is 873. The van der Waals surface area contributed by atoms with Crippen LogP contribution >= 0.6 is 11.6 Å². The van der Waals surface area contributed by atoms with Gasteiger partial charge in [0.2, 0.25) is 5.78 Å². The maximum absolute atomic E-state index is 12.5. The Morgan fingerprint density at radius 3 is 2.54 bits per heavy atom. The number of aryl methyl sites for hydroxylation is 1. The number of nitrogens with one attached hydrogen (secondary N) is 1. The van der Waals surface area contributed by atoms with Crippen molar-refractivity contribution in [1.29, 1.82) is 0 Å². The summed E-state index contributed by atoms with van der Waals surface area (Å²) in [4.78, 5) is 38.8. The van der Waals surface area contributed by atoms with Crippen molar-refractivity contribution < 1.29 is 23.9 Å². The molecular formula is C18H19ClN2O5. The van der Waals surface area contributed by atoms with E-state index >= 15 is 0 Å². The summed E-state index contributed by atoms with van der Waals surface area (Å²) in [5, 5.41) is 0.326. The van der Waals surface area contributed by atoms with Crippen LogP contribution in [0.5, 0.6) is 5.75 Å². The fraction of sp³-hybridized carbons (Fsp3) is 0.278. The normalized spacial score (nSPS) is 10.5. The molecule has 0 saturated heterocycles. The van der Waals surface area contributed by atoms with Gasteiger partial charge in [0.1, 0.15) is 5.75 Å². The van der Waals surface area contributed by atoms with Crippen LogP contribution in [0.4, 0.5) is 0 Å². The first-order valence-electron chi connectivity index (χ1n) is 7.87. The number of hydrogen-bond donors (Lipinski definition) is 2. The maximum atomic E-state index is 12.5. The lowest BCUT2D eigenvalue weighted by molar-refractivity contribution is 0.0524. The van der Waals surface area contributed by atoms with Crippen LogP contribution in [0.3, 0.4) is 0 Å². The molecule has 1 aromatic heterocycles. The SMILES string of the molecule is CCOC(=O)c1c(C)[nH]c(C(=O)COc2ccc(Cl)cc2C(N)=O)c1C. The number of hydrogen-bond acceptors (Lipinski definition) is 5. The fourth-order valence-corrected chi connectivity index (χ4v) is 2.75. The van der Waals surface area contributed by atoms with Gasteiger partial charge in [0.05, 0.1) is 23.4 Å². The lowest BCUT2D eigenvalue weighted by Crippen LogP contribution is -2.17. The summed E-state index contributed by atoms with van der Waals surface area (Å²) < 4.78 is 10.4. The molecule has 7 nitrogen and oxygen atoms in total. The number of rotatable bonds is 7. The van der Waals surface area contributed by atoms with Crippen molar-refractivity contribution in [2.45, 2.75) is 20.8 Å². The molecular weight excluding hydrogens is 360 g/mol. The summed E-state index contributed by atoms with van der Waals surface area (Å²) in [5.41, 5.74) is 6.98. The predicted molar refractivity (Wildman–Crippen MR) is 96.0 cm³/mol. The lowest BCUT2D eigenvalue weighted by atomic mass is 10.1. The van der Waals surface area contributed by atoms with Gasteiger partial charge in [-0.25, -0.2) is 4.79 Å². The summed E-state index contributed by atoms with van der Waals surface area (Å²) >= 11 is 5.84. The van der Waals surface area contributed by atoms with Crippen molar-refractivity contribution in [2.24, 2.45) is 5.73 Å². The Labute approximate surface area is 155 Å². The zero-order valence-electron chi connectivity index (χ0n) is 14.6. The van der Waals surface area contributed by atoms with Gasteiger partial charge >= 0.3 is 5.97 Å². The standard InChI is InChI=1S/C18H19ClN2O5/c1-4-25-18(24)15-9(2)16(21-10(15)3)13(22)8-26-14-6-5-11(19)7-12(14)17(20)23/h5-7,21H,4,8H2,1-3H3,(H2,20,23). The number of ketones is 1. The number of H-pyrrole nitrogens is 1. The minimum absolute atomic E-state index is 0.0805. The molecule has 1 heterocycles. The average molecular weight is 379 g/mol. The average Bonchev–Trinajstić information content (AvgIpc) is 2.88. The molecule has 8 heteroatoms. The second-order valence-corrected chi connectivity index (χ2v) is 6.00. The number of aromatic nitrogens is 1. The molecule has 138 valence electrons. The number of amides is 1. The zero-order chi connectivity index (χ0) is 19.4. The van der Waals surface area contributed by atoms with Crippen LogP contribution in [0.25, 0.3) is 0 Å². The van der Waals surface area contributed by atoms with E-state index in [1.165, 1.54) is 18.2 Å². The molecule has 1 aromatic carbocycles. The van der Waals surface area contributed by atoms with E-state index in [-0.39, 0.29) is 36.0 Å². The highest BCUT2D eigenvalue weighted by molar-refractivity contribution is 6.31. The van der Waals surface area contributed by atoms with Gasteiger partial charge in [0.15, 0.2) is 6.61 Å². The molecule has 0 unspecified atom stereocenters. The molecule has 2 rings (SSSR count). The van der Waals surface area contributed by atoms with Crippen LogP contribution in [0.15, 0.2) is 18.2 Å². The van der Waals surface area contributed by atoms with Crippen molar-refractivity contribution in [2.75, 3.05) is 13.2 Å². The molecule has 26 heavy (non-hydrogen) atoms. The van der Waals surface area contributed by atoms with E-state index < -0.39 is 11.9 Å². The third kappa shape index (κ3) is 4.05. The third-order valence-electron chi connectivity index (χ3n) is 3.76. The summed E-state index contributed by atoms with van der Waals surface area (Å²) in [7, 11) is 0. The number of ether oxygens (including phenoxy) is 2. The largest absolute Gasteiger partial charge is 0.485 e. The minimum Gasteiger partial charge on any atom is -0.485 e. The van der Waals surface area contributed by atoms with Crippen molar-refractivity contribution in [3.05, 3.63) is 51.3 Å². The van der Waals surface area contributed by atoms with Gasteiger partial charge in [-0.15, -0.1) is 0 Å². The smallest absolute Gasteiger partial charge is 0.340 e. The van der Waals surface area contributed by atoms with Crippen LogP contribution < -0.4 is 10.5 Å². The van der Waals surface area contributed by atoms with Crippen LogP contribution in [0.1, 0.15) is 49.4 Å². The second-order valence-electron chi connectivity index (χ2n) is 5.56. The van der Waals surface area contributed by atoms with E-state index in [4.69, 9.17) is 26.8 Å². The van der Waals surface area contributed by atoms with Crippen molar-refractivity contribution in [3.8, 4) is 5.75 Å². The predicted octanol–water partition coefficient (Wildman–Crippen LogP) is 2.82. The van der Waals surface area contributed by atoms with Crippen LogP contribution in [0, 0.1) is 13.8 Å². The number of carbonyl (C=O) groups excluding carboxylic acids is 3. The van der Waals surface area contributed by atoms with Crippen LogP contribution in [-0.2, 0) is 4.74 Å². The Balaban J connectivity index is 2.21. The van der Waals surface area contributed by atoms with Crippen molar-refractivity contribution in [1.82, 2.24) is 4.98 Å². The summed E-state index contributed by atoms with van der Waals surface area (Å²) in [6, 6.07) is 4.36. The molecule has 0 spiro atoms. The lowest BCUT2D eigenvalue weighted by Gasteiger charge is -2.09. The molecule has 3 N–H and O–H groups in total. The summed E-state index contributed by atoms with van der Waals surface area (Å²) in [6.45, 7) is 4.94. The maximum Gasteiger partial charge on any atom is 0.340 e. The van der Waals surface area contributed by atoms with Gasteiger partial charge < -0.3 is 20.2 Å². The van der Waals surface area contributed by atoms with E-state index in [0.717, 1.165) is 0 Å². The zero-order valence-corrected chi connectivity index (χ0v) is 15.4. The molecule has 2 aromatic rings. The van der Waals surface area contributed by atoms with Crippen molar-refractivity contribution in [3.63, 3.8) is 0 Å². The molecule has 0 aliphatic rings. The number of primary amides is 1. The van der Waals surface area contributed by atoms with Gasteiger partial charge in [-0.05, 0) is 44.5 Å². The van der Waals surface area contributed by atoms with Gasteiger partial charge in [-0.2, -0.15) is 0 Å². The molecule has 0 aliphatic heterocycles.